The molecule has 6 aromatic rings. The Kier molecular flexibility index (Phi) is 2.96. The Hall–Kier alpha value is -3.42. The summed E-state index contributed by atoms with van der Waals surface area (Å²) in [7, 11) is 0. The summed E-state index contributed by atoms with van der Waals surface area (Å²) in [4.78, 5) is 0. The van der Waals surface area contributed by atoms with Crippen molar-refractivity contribution in [2.75, 3.05) is 0 Å². The lowest BCUT2D eigenvalue weighted by Crippen LogP contribution is -1.89. The van der Waals surface area contributed by atoms with Crippen molar-refractivity contribution >= 4 is 48.2 Å². The lowest BCUT2D eigenvalue weighted by Gasteiger charge is -2.16. The van der Waals surface area contributed by atoms with Crippen LogP contribution in [0.4, 0.5) is 0 Å². The van der Waals surface area contributed by atoms with Gasteiger partial charge in [-0.25, -0.2) is 0 Å². The van der Waals surface area contributed by atoms with Gasteiger partial charge in [0.2, 0.25) is 0 Å². The van der Waals surface area contributed by atoms with Crippen LogP contribution >= 0.6 is 15.9 Å². The van der Waals surface area contributed by atoms with Gasteiger partial charge in [0.25, 0.3) is 0 Å². The summed E-state index contributed by atoms with van der Waals surface area (Å²) in [5.74, 6) is 0. The lowest BCUT2D eigenvalue weighted by atomic mass is 9.90. The summed E-state index contributed by atoms with van der Waals surface area (Å²) in [6.07, 6.45) is 0. The van der Waals surface area contributed by atoms with Crippen LogP contribution in [0.5, 0.6) is 0 Å². The molecule has 146 valence electrons. The van der Waals surface area contributed by atoms with Crippen LogP contribution in [0.3, 0.4) is 0 Å². The largest absolute Gasteiger partial charge is 0.0636 e. The van der Waals surface area contributed by atoms with Crippen LogP contribution < -0.4 is 0 Å². The van der Waals surface area contributed by atoms with Crippen LogP contribution in [-0.4, -0.2) is 0 Å². The highest BCUT2D eigenvalue weighted by Gasteiger charge is 2.14. The van der Waals surface area contributed by atoms with Crippen molar-refractivity contribution in [3.05, 3.63) is 120 Å². The van der Waals surface area contributed by atoms with Gasteiger partial charge in [0.1, 0.15) is 0 Å². The van der Waals surface area contributed by atoms with Gasteiger partial charge < -0.3 is 0 Å². The molecule has 0 bridgehead atoms. The van der Waals surface area contributed by atoms with Gasteiger partial charge in [-0.3, -0.25) is 0 Å². The zero-order valence-corrected chi connectivity index (χ0v) is 17.9. The third kappa shape index (κ3) is 3.05. The average Bonchev–Trinajstić information content (AvgIpc) is 2.93. The van der Waals surface area contributed by atoms with Gasteiger partial charge >= 0.3 is 0 Å². The third-order valence-corrected chi connectivity index (χ3v) is 6.41. The number of hydrogen-bond acceptors (Lipinski definition) is 0. The highest BCUT2D eigenvalue weighted by molar-refractivity contribution is 9.10. The minimum absolute atomic E-state index is 0.0462. The molecular formula is C30H19Br. The summed E-state index contributed by atoms with van der Waals surface area (Å²) >= 11 is 3.79. The van der Waals surface area contributed by atoms with E-state index in [1.807, 2.05) is 54.6 Å². The molecule has 0 nitrogen and oxygen atoms in total. The zero-order valence-electron chi connectivity index (χ0n) is 23.3. The molecule has 0 radical (unpaired) electrons. The summed E-state index contributed by atoms with van der Waals surface area (Å²) in [5, 5.41) is 3.81. The Balaban J connectivity index is 1.76. The molecule has 0 fully saturated rings. The normalized spacial score (nSPS) is 14.5. The van der Waals surface area contributed by atoms with Gasteiger partial charge in [-0.2, -0.15) is 0 Å². The third-order valence-electron chi connectivity index (χ3n) is 5.56. The fourth-order valence-corrected chi connectivity index (χ4v) is 4.81. The molecule has 0 saturated carbocycles. The summed E-state index contributed by atoms with van der Waals surface area (Å²) in [6.45, 7) is 0. The second-order valence-electron chi connectivity index (χ2n) is 7.36. The van der Waals surface area contributed by atoms with Crippen LogP contribution in [0.15, 0.2) is 120 Å². The van der Waals surface area contributed by atoms with E-state index >= 15 is 0 Å². The Morgan fingerprint density at radius 3 is 2.10 bits per heavy atom. The highest BCUT2D eigenvalue weighted by Crippen LogP contribution is 2.43. The Morgan fingerprint density at radius 1 is 0.548 bits per heavy atom. The van der Waals surface area contributed by atoms with Gasteiger partial charge in [-0.05, 0) is 82.6 Å². The Bertz CT molecular complexity index is 1950. The summed E-state index contributed by atoms with van der Waals surface area (Å²) in [5.41, 5.74) is 2.73. The minimum atomic E-state index is -0.475. The molecular weight excluding hydrogens is 440 g/mol. The smallest absolute Gasteiger partial charge is 0.0622 e. The first kappa shape index (κ1) is 12.4. The standard InChI is InChI=1S/C30H19Br/c31-30-26-13-7-6-12-25(26)29(21-9-2-1-3-10-21)28-19-24(16-17-27(28)30)23-15-14-20-8-4-5-11-22(20)18-23/h1-19H/i4D,5D,8D,11D,14D,15D,18D. The molecule has 0 spiro atoms. The maximum absolute atomic E-state index is 8.96. The Labute approximate surface area is 199 Å². The maximum Gasteiger partial charge on any atom is 0.0636 e. The lowest BCUT2D eigenvalue weighted by molar-refractivity contribution is 1.65. The van der Waals surface area contributed by atoms with Gasteiger partial charge in [0, 0.05) is 4.47 Å². The zero-order chi connectivity index (χ0) is 26.9. The fourth-order valence-electron chi connectivity index (χ4n) is 4.12. The Morgan fingerprint density at radius 2 is 1.26 bits per heavy atom. The average molecular weight is 466 g/mol. The molecule has 0 unspecified atom stereocenters. The number of halogens is 1. The fraction of sp³-hybridized carbons (Fsp3) is 0. The number of rotatable bonds is 2. The molecule has 0 heterocycles. The molecule has 6 rings (SSSR count). The van der Waals surface area contributed by atoms with E-state index in [0.29, 0.717) is 5.56 Å². The van der Waals surface area contributed by atoms with Crippen molar-refractivity contribution in [2.24, 2.45) is 0 Å². The molecule has 0 aliphatic carbocycles. The number of hydrogen-bond donors (Lipinski definition) is 0. The van der Waals surface area contributed by atoms with E-state index in [1.165, 1.54) is 0 Å². The van der Waals surface area contributed by atoms with Crippen molar-refractivity contribution in [2.45, 2.75) is 0 Å². The van der Waals surface area contributed by atoms with Gasteiger partial charge in [-0.1, -0.05) is 103 Å². The second kappa shape index (κ2) is 7.37. The predicted octanol–water partition coefficient (Wildman–Crippen LogP) is 9.24. The molecule has 1 heteroatoms. The van der Waals surface area contributed by atoms with Gasteiger partial charge in [-0.15, -0.1) is 0 Å². The quantitative estimate of drug-likeness (QED) is 0.223. The van der Waals surface area contributed by atoms with Crippen LogP contribution in [-0.2, 0) is 0 Å². The molecule has 0 aliphatic rings. The minimum Gasteiger partial charge on any atom is -0.0622 e. The van der Waals surface area contributed by atoms with Crippen molar-refractivity contribution in [1.82, 2.24) is 0 Å². The van der Waals surface area contributed by atoms with Crippen molar-refractivity contribution in [3.63, 3.8) is 0 Å². The molecule has 0 aromatic heterocycles. The van der Waals surface area contributed by atoms with E-state index in [-0.39, 0.29) is 40.5 Å². The first-order valence-electron chi connectivity index (χ1n) is 13.4. The van der Waals surface area contributed by atoms with Gasteiger partial charge in [0.15, 0.2) is 0 Å². The predicted molar refractivity (Wildman–Crippen MR) is 138 cm³/mol. The van der Waals surface area contributed by atoms with Crippen LogP contribution in [0, 0.1) is 0 Å². The molecule has 31 heavy (non-hydrogen) atoms. The molecule has 0 amide bonds. The van der Waals surface area contributed by atoms with Crippen molar-refractivity contribution in [3.8, 4) is 22.3 Å². The van der Waals surface area contributed by atoms with Crippen LogP contribution in [0.2, 0.25) is 0 Å². The molecule has 0 atom stereocenters. The molecule has 0 saturated heterocycles. The monoisotopic (exact) mass is 465 g/mol. The first-order valence-corrected chi connectivity index (χ1v) is 10.7. The van der Waals surface area contributed by atoms with E-state index in [9.17, 15) is 0 Å². The van der Waals surface area contributed by atoms with E-state index in [0.717, 1.165) is 37.1 Å². The van der Waals surface area contributed by atoms with Crippen molar-refractivity contribution in [1.29, 1.82) is 0 Å². The number of fused-ring (bicyclic) bond motifs is 3. The molecule has 0 N–H and O–H groups in total. The summed E-state index contributed by atoms with van der Waals surface area (Å²) < 4.78 is 60.1. The maximum atomic E-state index is 8.96. The SMILES string of the molecule is [2H]c1c([2H])c([2H])c2c([2H])c(-c3ccc4c(Br)c5ccccc5c(-c5ccccc5)c4c3)c([2H])c([2H])c2c1[2H]. The molecule has 6 aromatic carbocycles. The van der Waals surface area contributed by atoms with E-state index in [1.54, 1.807) is 6.07 Å². The van der Waals surface area contributed by atoms with Gasteiger partial charge in [0.05, 0.1) is 9.60 Å². The van der Waals surface area contributed by atoms with E-state index in [4.69, 9.17) is 9.60 Å². The second-order valence-corrected chi connectivity index (χ2v) is 8.15. The summed E-state index contributed by atoms with van der Waals surface area (Å²) in [6, 6.07) is 21.3. The van der Waals surface area contributed by atoms with Crippen molar-refractivity contribution < 1.29 is 9.60 Å². The van der Waals surface area contributed by atoms with Crippen LogP contribution in [0.25, 0.3) is 54.6 Å². The highest BCUT2D eigenvalue weighted by atomic mass is 79.9. The molecule has 0 aliphatic heterocycles. The topological polar surface area (TPSA) is 0 Å². The van der Waals surface area contributed by atoms with E-state index in [2.05, 4.69) is 28.1 Å². The first-order chi connectivity index (χ1) is 18.2. The number of benzene rings is 6. The van der Waals surface area contributed by atoms with E-state index < -0.39 is 18.1 Å². The van der Waals surface area contributed by atoms with Crippen LogP contribution in [0.1, 0.15) is 9.60 Å².